The van der Waals surface area contributed by atoms with Crippen molar-refractivity contribution >= 4 is 16.6 Å². The average molecular weight is 400 g/mol. The molecule has 1 saturated heterocycles. The van der Waals surface area contributed by atoms with Gasteiger partial charge in [-0.25, -0.2) is 9.18 Å². The summed E-state index contributed by atoms with van der Waals surface area (Å²) in [5.41, 5.74) is 4.96. The van der Waals surface area contributed by atoms with Gasteiger partial charge in [-0.05, 0) is 32.3 Å². The molecule has 10 heteroatoms. The molecule has 1 saturated carbocycles. The maximum Gasteiger partial charge on any atom is 0.403 e. The number of fused-ring (bicyclic) bond motifs is 1. The molecular weight excluding hydrogens is 380 g/mol. The molecule has 152 valence electrons. The summed E-state index contributed by atoms with van der Waals surface area (Å²) < 4.78 is 55.2. The number of halogens is 4. The Balaban J connectivity index is 1.82. The van der Waals surface area contributed by atoms with Crippen molar-refractivity contribution in [3.05, 3.63) is 38.3 Å². The number of H-pyrrole nitrogens is 1. The van der Waals surface area contributed by atoms with Crippen LogP contribution in [-0.2, 0) is 0 Å². The number of anilines is 1. The first kappa shape index (κ1) is 19.0. The number of hydrogen-bond acceptors (Lipinski definition) is 4. The molecular formula is C18H20F4N4O2. The van der Waals surface area contributed by atoms with Crippen molar-refractivity contribution in [2.24, 2.45) is 11.7 Å². The van der Waals surface area contributed by atoms with Gasteiger partial charge in [0.15, 0.2) is 0 Å². The van der Waals surface area contributed by atoms with Crippen molar-refractivity contribution in [2.45, 2.75) is 44.4 Å². The molecule has 1 aromatic carbocycles. The van der Waals surface area contributed by atoms with Crippen molar-refractivity contribution in [1.82, 2.24) is 9.55 Å². The van der Waals surface area contributed by atoms with E-state index in [-0.39, 0.29) is 36.6 Å². The summed E-state index contributed by atoms with van der Waals surface area (Å²) >= 11 is 0. The number of aryl methyl sites for hydroxylation is 1. The quantitative estimate of drug-likeness (QED) is 0.774. The molecule has 2 fully saturated rings. The predicted molar refractivity (Wildman–Crippen MR) is 96.1 cm³/mol. The van der Waals surface area contributed by atoms with Crippen LogP contribution < -0.4 is 21.9 Å². The van der Waals surface area contributed by atoms with Crippen LogP contribution in [0.3, 0.4) is 0 Å². The van der Waals surface area contributed by atoms with Gasteiger partial charge < -0.3 is 10.6 Å². The number of benzene rings is 1. The Morgan fingerprint density at radius 2 is 1.93 bits per heavy atom. The van der Waals surface area contributed by atoms with Gasteiger partial charge in [-0.15, -0.1) is 0 Å². The molecule has 0 radical (unpaired) electrons. The van der Waals surface area contributed by atoms with Crippen molar-refractivity contribution < 1.29 is 17.6 Å². The third-order valence-corrected chi connectivity index (χ3v) is 5.73. The zero-order valence-electron chi connectivity index (χ0n) is 15.1. The van der Waals surface area contributed by atoms with Crippen molar-refractivity contribution in [3.8, 4) is 0 Å². The van der Waals surface area contributed by atoms with Crippen LogP contribution in [-0.4, -0.2) is 34.9 Å². The highest BCUT2D eigenvalue weighted by Crippen LogP contribution is 2.40. The van der Waals surface area contributed by atoms with Gasteiger partial charge in [-0.1, -0.05) is 0 Å². The Kier molecular flexibility index (Phi) is 4.29. The minimum Gasteiger partial charge on any atom is -0.369 e. The minimum atomic E-state index is -4.52. The Morgan fingerprint density at radius 3 is 2.54 bits per heavy atom. The molecule has 2 unspecified atom stereocenters. The summed E-state index contributed by atoms with van der Waals surface area (Å²) in [6.45, 7) is 1.77. The third kappa shape index (κ3) is 2.99. The van der Waals surface area contributed by atoms with E-state index in [1.54, 1.807) is 6.92 Å². The largest absolute Gasteiger partial charge is 0.403 e. The second kappa shape index (κ2) is 6.33. The summed E-state index contributed by atoms with van der Waals surface area (Å²) in [6, 6.07) is -0.978. The summed E-state index contributed by atoms with van der Waals surface area (Å²) in [5.74, 6) is -1.54. The SMILES string of the molecule is Cc1c(N2CCC(C(N)C(F)(F)F)C2)c(F)cc2c(=O)[nH]c(=O)n(C3CC3)c12. The predicted octanol–water partition coefficient (Wildman–Crippen LogP) is 2.19. The van der Waals surface area contributed by atoms with E-state index < -0.39 is 35.2 Å². The van der Waals surface area contributed by atoms with Crippen LogP contribution in [0.1, 0.15) is 30.9 Å². The Labute approximate surface area is 156 Å². The number of aromatic amines is 1. The van der Waals surface area contributed by atoms with Gasteiger partial charge in [0.1, 0.15) is 11.9 Å². The van der Waals surface area contributed by atoms with Crippen molar-refractivity contribution in [1.29, 1.82) is 0 Å². The number of hydrogen-bond donors (Lipinski definition) is 2. The van der Waals surface area contributed by atoms with Gasteiger partial charge in [0.25, 0.3) is 5.56 Å². The lowest BCUT2D eigenvalue weighted by Crippen LogP contribution is -2.44. The number of aromatic nitrogens is 2. The number of nitrogens with two attached hydrogens (primary N) is 1. The molecule has 0 spiro atoms. The molecule has 2 aliphatic rings. The first-order valence-corrected chi connectivity index (χ1v) is 9.14. The first-order valence-electron chi connectivity index (χ1n) is 9.14. The van der Waals surface area contributed by atoms with Gasteiger partial charge in [-0.3, -0.25) is 14.3 Å². The molecule has 2 aromatic rings. The molecule has 4 rings (SSSR count). The van der Waals surface area contributed by atoms with Crippen LogP contribution in [0.2, 0.25) is 0 Å². The zero-order chi connectivity index (χ0) is 20.4. The van der Waals surface area contributed by atoms with E-state index >= 15 is 0 Å². The summed E-state index contributed by atoms with van der Waals surface area (Å²) in [6.07, 6.45) is -2.78. The monoisotopic (exact) mass is 400 g/mol. The van der Waals surface area contributed by atoms with Crippen LogP contribution in [0.4, 0.5) is 23.2 Å². The highest BCUT2D eigenvalue weighted by molar-refractivity contribution is 5.87. The summed E-state index contributed by atoms with van der Waals surface area (Å²) in [7, 11) is 0. The summed E-state index contributed by atoms with van der Waals surface area (Å²) in [5, 5.41) is 0.0630. The highest BCUT2D eigenvalue weighted by Gasteiger charge is 2.44. The Bertz CT molecular complexity index is 1050. The second-order valence-corrected chi connectivity index (χ2v) is 7.65. The van der Waals surface area contributed by atoms with E-state index in [9.17, 15) is 27.2 Å². The normalized spacial score (nSPS) is 21.5. The molecule has 0 amide bonds. The van der Waals surface area contributed by atoms with Crippen LogP contribution in [0.15, 0.2) is 15.7 Å². The maximum absolute atomic E-state index is 14.9. The van der Waals surface area contributed by atoms with Crippen LogP contribution in [0, 0.1) is 18.7 Å². The fraction of sp³-hybridized carbons (Fsp3) is 0.556. The smallest absolute Gasteiger partial charge is 0.369 e. The van der Waals surface area contributed by atoms with Gasteiger partial charge in [-0.2, -0.15) is 13.2 Å². The van der Waals surface area contributed by atoms with Crippen LogP contribution in [0.5, 0.6) is 0 Å². The van der Waals surface area contributed by atoms with E-state index in [0.717, 1.165) is 18.9 Å². The van der Waals surface area contributed by atoms with Crippen LogP contribution >= 0.6 is 0 Å². The lowest BCUT2D eigenvalue weighted by atomic mass is 9.99. The molecule has 1 aromatic heterocycles. The van der Waals surface area contributed by atoms with Gasteiger partial charge in [0.05, 0.1) is 16.6 Å². The number of nitrogens with zero attached hydrogens (tertiary/aromatic N) is 2. The van der Waals surface area contributed by atoms with E-state index in [1.165, 1.54) is 9.47 Å². The van der Waals surface area contributed by atoms with E-state index in [2.05, 4.69) is 4.98 Å². The number of alkyl halides is 3. The van der Waals surface area contributed by atoms with E-state index in [4.69, 9.17) is 5.73 Å². The third-order valence-electron chi connectivity index (χ3n) is 5.73. The van der Waals surface area contributed by atoms with Gasteiger partial charge >= 0.3 is 11.9 Å². The van der Waals surface area contributed by atoms with Gasteiger partial charge in [0, 0.05) is 30.6 Å². The fourth-order valence-electron chi connectivity index (χ4n) is 4.19. The lowest BCUT2D eigenvalue weighted by molar-refractivity contribution is -0.157. The molecule has 2 atom stereocenters. The summed E-state index contributed by atoms with van der Waals surface area (Å²) in [4.78, 5) is 28.3. The van der Waals surface area contributed by atoms with E-state index in [1.807, 2.05) is 0 Å². The van der Waals surface area contributed by atoms with E-state index in [0.29, 0.717) is 11.1 Å². The number of rotatable bonds is 3. The van der Waals surface area contributed by atoms with Gasteiger partial charge in [0.2, 0.25) is 0 Å². The van der Waals surface area contributed by atoms with Crippen molar-refractivity contribution in [2.75, 3.05) is 18.0 Å². The Morgan fingerprint density at radius 1 is 1.25 bits per heavy atom. The zero-order valence-corrected chi connectivity index (χ0v) is 15.1. The molecule has 2 heterocycles. The fourth-order valence-corrected chi connectivity index (χ4v) is 4.19. The van der Waals surface area contributed by atoms with Crippen LogP contribution in [0.25, 0.3) is 10.9 Å². The highest BCUT2D eigenvalue weighted by atomic mass is 19.4. The molecule has 28 heavy (non-hydrogen) atoms. The average Bonchev–Trinajstić information content (AvgIpc) is 3.31. The Hall–Kier alpha value is -2.36. The molecule has 0 bridgehead atoms. The first-order chi connectivity index (χ1) is 13.1. The second-order valence-electron chi connectivity index (χ2n) is 7.65. The minimum absolute atomic E-state index is 0.0409. The molecule has 6 nitrogen and oxygen atoms in total. The molecule has 1 aliphatic heterocycles. The topological polar surface area (TPSA) is 84.1 Å². The van der Waals surface area contributed by atoms with Crippen molar-refractivity contribution in [3.63, 3.8) is 0 Å². The maximum atomic E-state index is 14.9. The molecule has 1 aliphatic carbocycles. The standard InChI is InChI=1S/C18H20F4N4O2/c1-8-13-11(16(27)24-17(28)26(13)10-2-3-10)6-12(19)14(8)25-5-4-9(7-25)15(23)18(20,21)22/h6,9-10,15H,2-5,7,23H2,1H3,(H,24,27,28). The number of nitrogens with one attached hydrogen (secondary N) is 1. The molecule has 3 N–H and O–H groups in total. The lowest BCUT2D eigenvalue weighted by Gasteiger charge is -2.25.